The highest BCUT2D eigenvalue weighted by molar-refractivity contribution is 5.36. The first-order chi connectivity index (χ1) is 13.7. The number of fused-ring (bicyclic) bond motifs is 1. The third kappa shape index (κ3) is 4.98. The van der Waals surface area contributed by atoms with E-state index in [9.17, 15) is 5.11 Å². The molecule has 0 saturated heterocycles. The van der Waals surface area contributed by atoms with E-state index < -0.39 is 0 Å². The molecule has 3 rings (SSSR count). The molecule has 0 aromatic heterocycles. The fourth-order valence-electron chi connectivity index (χ4n) is 6.25. The zero-order valence-corrected chi connectivity index (χ0v) is 19.6. The summed E-state index contributed by atoms with van der Waals surface area (Å²) < 4.78 is 0. The third-order valence-corrected chi connectivity index (χ3v) is 8.63. The van der Waals surface area contributed by atoms with E-state index in [4.69, 9.17) is 0 Å². The molecule has 0 spiro atoms. The van der Waals surface area contributed by atoms with Crippen LogP contribution >= 0.6 is 0 Å². The highest BCUT2D eigenvalue weighted by Gasteiger charge is 2.50. The fraction of sp³-hybridized carbons (Fsp3) is 0.714. The van der Waals surface area contributed by atoms with Crippen molar-refractivity contribution in [3.05, 3.63) is 47.6 Å². The molecule has 1 unspecified atom stereocenters. The Bertz CT molecular complexity index is 678. The van der Waals surface area contributed by atoms with Gasteiger partial charge >= 0.3 is 0 Å². The van der Waals surface area contributed by atoms with Crippen molar-refractivity contribution in [1.82, 2.24) is 0 Å². The van der Waals surface area contributed by atoms with Crippen molar-refractivity contribution in [2.24, 2.45) is 35.0 Å². The van der Waals surface area contributed by atoms with Crippen LogP contribution < -0.4 is 0 Å². The van der Waals surface area contributed by atoms with Crippen LogP contribution in [0, 0.1) is 35.0 Å². The Hall–Kier alpha value is -1.08. The van der Waals surface area contributed by atoms with Crippen LogP contribution in [0.1, 0.15) is 86.0 Å². The minimum absolute atomic E-state index is 0.182. The Balaban J connectivity index is 1.75. The zero-order chi connectivity index (χ0) is 21.2. The standard InChI is InChI=1S/C28H44O/c1-19(2)20(3)9-10-22(5)26-15-16-27-23(8-7-17-28(26,27)6)12-13-24-18-25(29)14-11-21(24)4/h9-10,12-13,19-20,22,25-27,29H,4,7-8,11,14-18H2,1-3,5-6H3/b10-9+,23-12+,24-13-/t20?,22-,25+,26-,27+,28-/m1/s1. The van der Waals surface area contributed by atoms with Crippen molar-refractivity contribution >= 4 is 0 Å². The van der Waals surface area contributed by atoms with Gasteiger partial charge in [-0.2, -0.15) is 0 Å². The lowest BCUT2D eigenvalue weighted by Crippen LogP contribution is -2.35. The second-order valence-corrected chi connectivity index (χ2v) is 10.9. The number of allylic oxidation sites excluding steroid dienone is 6. The van der Waals surface area contributed by atoms with Crippen molar-refractivity contribution in [2.45, 2.75) is 92.1 Å². The topological polar surface area (TPSA) is 20.2 Å². The van der Waals surface area contributed by atoms with Gasteiger partial charge in [-0.25, -0.2) is 0 Å². The molecule has 1 N–H and O–H groups in total. The number of hydrogen-bond donors (Lipinski definition) is 1. The van der Waals surface area contributed by atoms with Crippen LogP contribution in [0.4, 0.5) is 0 Å². The first-order valence-corrected chi connectivity index (χ1v) is 12.2. The molecule has 3 saturated carbocycles. The van der Waals surface area contributed by atoms with Gasteiger partial charge in [-0.3, -0.25) is 0 Å². The van der Waals surface area contributed by atoms with Gasteiger partial charge in [-0.15, -0.1) is 0 Å². The second kappa shape index (κ2) is 9.38. The molecule has 3 aliphatic carbocycles. The van der Waals surface area contributed by atoms with E-state index in [0.29, 0.717) is 17.3 Å². The Morgan fingerprint density at radius 1 is 1.03 bits per heavy atom. The molecule has 1 nitrogen and oxygen atoms in total. The highest BCUT2D eigenvalue weighted by atomic mass is 16.3. The first kappa shape index (κ1) is 22.6. The van der Waals surface area contributed by atoms with Gasteiger partial charge in [0.1, 0.15) is 0 Å². The second-order valence-electron chi connectivity index (χ2n) is 10.9. The van der Waals surface area contributed by atoms with E-state index in [1.807, 2.05) is 0 Å². The minimum atomic E-state index is -0.182. The summed E-state index contributed by atoms with van der Waals surface area (Å²) in [7, 11) is 0. The highest BCUT2D eigenvalue weighted by Crippen LogP contribution is 2.59. The lowest BCUT2D eigenvalue weighted by molar-refractivity contribution is 0.112. The predicted octanol–water partition coefficient (Wildman–Crippen LogP) is 7.64. The quantitative estimate of drug-likeness (QED) is 0.473. The maximum Gasteiger partial charge on any atom is 0.0583 e. The Morgan fingerprint density at radius 2 is 1.79 bits per heavy atom. The SMILES string of the molecule is C=C1CC[C@H](O)C/C1=C/C=C1\CCC[C@]2(C)[C@@H]([C@H](C)/C=C/C(C)C(C)C)CC[C@@H]12. The van der Waals surface area contributed by atoms with Gasteiger partial charge in [0.2, 0.25) is 0 Å². The number of aliphatic hydroxyl groups is 1. The van der Waals surface area contributed by atoms with Gasteiger partial charge in [0, 0.05) is 0 Å². The molecule has 0 amide bonds. The van der Waals surface area contributed by atoms with E-state index >= 15 is 0 Å². The van der Waals surface area contributed by atoms with E-state index in [1.165, 1.54) is 43.3 Å². The summed E-state index contributed by atoms with van der Waals surface area (Å²) in [6.07, 6.45) is 18.8. The van der Waals surface area contributed by atoms with Crippen LogP contribution in [-0.2, 0) is 0 Å². The summed E-state index contributed by atoms with van der Waals surface area (Å²) in [5.74, 6) is 3.58. The third-order valence-electron chi connectivity index (χ3n) is 8.63. The van der Waals surface area contributed by atoms with E-state index in [-0.39, 0.29) is 6.10 Å². The lowest BCUT2D eigenvalue weighted by atomic mass is 9.61. The summed E-state index contributed by atoms with van der Waals surface area (Å²) in [6, 6.07) is 0. The molecule has 29 heavy (non-hydrogen) atoms. The molecule has 0 aromatic rings. The summed E-state index contributed by atoms with van der Waals surface area (Å²) in [6.45, 7) is 16.3. The smallest absolute Gasteiger partial charge is 0.0583 e. The van der Waals surface area contributed by atoms with Gasteiger partial charge < -0.3 is 5.11 Å². The summed E-state index contributed by atoms with van der Waals surface area (Å²) in [4.78, 5) is 0. The van der Waals surface area contributed by atoms with E-state index in [2.05, 4.69) is 65.5 Å². The molecular weight excluding hydrogens is 352 g/mol. The van der Waals surface area contributed by atoms with Crippen molar-refractivity contribution in [3.63, 3.8) is 0 Å². The van der Waals surface area contributed by atoms with Crippen molar-refractivity contribution < 1.29 is 5.11 Å². The summed E-state index contributed by atoms with van der Waals surface area (Å²) in [5, 5.41) is 10.0. The zero-order valence-electron chi connectivity index (χ0n) is 19.6. The van der Waals surface area contributed by atoms with Crippen LogP contribution in [0.5, 0.6) is 0 Å². The number of rotatable bonds is 5. The molecule has 0 aromatic carbocycles. The molecule has 1 heteroatoms. The maximum atomic E-state index is 10.0. The summed E-state index contributed by atoms with van der Waals surface area (Å²) in [5.41, 5.74) is 4.61. The van der Waals surface area contributed by atoms with Crippen molar-refractivity contribution in [2.75, 3.05) is 0 Å². The normalized spacial score (nSPS) is 38.2. The van der Waals surface area contributed by atoms with Crippen molar-refractivity contribution in [1.29, 1.82) is 0 Å². The van der Waals surface area contributed by atoms with Gasteiger partial charge in [-0.05, 0) is 91.9 Å². The maximum absolute atomic E-state index is 10.0. The lowest BCUT2D eigenvalue weighted by Gasteiger charge is -2.44. The molecule has 3 aliphatic rings. The van der Waals surface area contributed by atoms with Crippen LogP contribution in [0.2, 0.25) is 0 Å². The summed E-state index contributed by atoms with van der Waals surface area (Å²) >= 11 is 0. The number of hydrogen-bond acceptors (Lipinski definition) is 1. The molecule has 0 bridgehead atoms. The minimum Gasteiger partial charge on any atom is -0.393 e. The molecule has 162 valence electrons. The first-order valence-electron chi connectivity index (χ1n) is 12.2. The Morgan fingerprint density at radius 3 is 2.52 bits per heavy atom. The van der Waals surface area contributed by atoms with Crippen LogP contribution in [0.25, 0.3) is 0 Å². The Kier molecular flexibility index (Phi) is 7.31. The Labute approximate surface area is 180 Å². The van der Waals surface area contributed by atoms with Crippen LogP contribution in [-0.4, -0.2) is 11.2 Å². The molecule has 0 heterocycles. The van der Waals surface area contributed by atoms with Gasteiger partial charge in [0.15, 0.2) is 0 Å². The van der Waals surface area contributed by atoms with Crippen LogP contribution in [0.15, 0.2) is 47.6 Å². The van der Waals surface area contributed by atoms with Gasteiger partial charge in [-0.1, -0.05) is 76.6 Å². The molecule has 3 fully saturated rings. The van der Waals surface area contributed by atoms with E-state index in [1.54, 1.807) is 5.57 Å². The molecular formula is C28H44O. The van der Waals surface area contributed by atoms with Crippen molar-refractivity contribution in [3.8, 4) is 0 Å². The predicted molar refractivity (Wildman–Crippen MR) is 126 cm³/mol. The number of aliphatic hydroxyl groups excluding tert-OH is 1. The average molecular weight is 397 g/mol. The monoisotopic (exact) mass is 396 g/mol. The molecule has 0 aliphatic heterocycles. The molecule has 6 atom stereocenters. The van der Waals surface area contributed by atoms with Gasteiger partial charge in [0.25, 0.3) is 0 Å². The molecule has 0 radical (unpaired) electrons. The average Bonchev–Trinajstić information content (AvgIpc) is 3.04. The van der Waals surface area contributed by atoms with Crippen LogP contribution in [0.3, 0.4) is 0 Å². The fourth-order valence-corrected chi connectivity index (χ4v) is 6.25. The largest absolute Gasteiger partial charge is 0.393 e. The van der Waals surface area contributed by atoms with E-state index in [0.717, 1.165) is 37.0 Å². The van der Waals surface area contributed by atoms with Gasteiger partial charge in [0.05, 0.1) is 6.10 Å².